The molecule has 0 saturated carbocycles. The molecule has 4 aromatic rings. The van der Waals surface area contributed by atoms with Crippen molar-refractivity contribution in [2.75, 3.05) is 0 Å². The highest BCUT2D eigenvalue weighted by Crippen LogP contribution is 2.27. The molecule has 2 heterocycles. The lowest BCUT2D eigenvalue weighted by Crippen LogP contribution is -1.99. The molecule has 0 saturated heterocycles. The second-order valence-corrected chi connectivity index (χ2v) is 6.39. The first-order valence-electron chi connectivity index (χ1n) is 7.52. The van der Waals surface area contributed by atoms with Gasteiger partial charge in [-0.3, -0.25) is 4.79 Å². The molecule has 6 heteroatoms. The standard InChI is InChI=1S/C19H11BrFN3O/c20-13-6-7-15(16(21)8-13)17-10-19-22-14(11-25)9-18(24(19)23-17)12-4-2-1-3-5-12/h1-11H. The van der Waals surface area contributed by atoms with Crippen molar-refractivity contribution in [3.8, 4) is 22.5 Å². The fourth-order valence-electron chi connectivity index (χ4n) is 2.70. The van der Waals surface area contributed by atoms with Crippen LogP contribution >= 0.6 is 15.9 Å². The molecule has 122 valence electrons. The van der Waals surface area contributed by atoms with Crippen molar-refractivity contribution in [3.05, 3.63) is 76.6 Å². The molecule has 0 aliphatic rings. The van der Waals surface area contributed by atoms with Crippen molar-refractivity contribution >= 4 is 27.9 Å². The summed E-state index contributed by atoms with van der Waals surface area (Å²) < 4.78 is 16.6. The number of halogens is 2. The molecule has 2 aromatic heterocycles. The Bertz CT molecular complexity index is 1090. The van der Waals surface area contributed by atoms with E-state index in [2.05, 4.69) is 26.0 Å². The zero-order valence-corrected chi connectivity index (χ0v) is 14.4. The third kappa shape index (κ3) is 2.85. The van der Waals surface area contributed by atoms with E-state index in [1.165, 1.54) is 6.07 Å². The van der Waals surface area contributed by atoms with Gasteiger partial charge in [0.15, 0.2) is 11.9 Å². The average Bonchev–Trinajstić information content (AvgIpc) is 3.05. The molecule has 0 spiro atoms. The predicted octanol–water partition coefficient (Wildman–Crippen LogP) is 4.78. The minimum atomic E-state index is -0.380. The van der Waals surface area contributed by atoms with Crippen molar-refractivity contribution < 1.29 is 9.18 Å². The Labute approximate surface area is 151 Å². The molecule has 0 amide bonds. The van der Waals surface area contributed by atoms with Crippen LogP contribution in [0.2, 0.25) is 0 Å². The quantitative estimate of drug-likeness (QED) is 0.469. The van der Waals surface area contributed by atoms with Crippen LogP contribution in [0.15, 0.2) is 65.1 Å². The molecule has 0 bridgehead atoms. The fraction of sp³-hybridized carbons (Fsp3) is 0. The van der Waals surface area contributed by atoms with Crippen LogP contribution in [0.1, 0.15) is 10.5 Å². The fourth-order valence-corrected chi connectivity index (χ4v) is 3.03. The van der Waals surface area contributed by atoms with E-state index in [0.717, 1.165) is 11.3 Å². The summed E-state index contributed by atoms with van der Waals surface area (Å²) in [6.07, 6.45) is 0.694. The normalized spacial score (nSPS) is 11.0. The zero-order chi connectivity index (χ0) is 17.4. The molecule has 25 heavy (non-hydrogen) atoms. The second-order valence-electron chi connectivity index (χ2n) is 5.47. The number of aromatic nitrogens is 3. The van der Waals surface area contributed by atoms with Gasteiger partial charge < -0.3 is 0 Å². The largest absolute Gasteiger partial charge is 0.296 e. The SMILES string of the molecule is O=Cc1cc(-c2ccccc2)n2nc(-c3ccc(Br)cc3F)cc2n1. The number of hydrogen-bond acceptors (Lipinski definition) is 3. The molecular weight excluding hydrogens is 385 g/mol. The highest BCUT2D eigenvalue weighted by molar-refractivity contribution is 9.10. The molecular formula is C19H11BrFN3O. The van der Waals surface area contributed by atoms with E-state index in [0.29, 0.717) is 33.4 Å². The Hall–Kier alpha value is -2.86. The Morgan fingerprint density at radius 2 is 1.84 bits per heavy atom. The highest BCUT2D eigenvalue weighted by Gasteiger charge is 2.14. The Kier molecular flexibility index (Phi) is 3.89. The molecule has 0 N–H and O–H groups in total. The lowest BCUT2D eigenvalue weighted by atomic mass is 10.1. The summed E-state index contributed by atoms with van der Waals surface area (Å²) in [6.45, 7) is 0. The van der Waals surface area contributed by atoms with Gasteiger partial charge in [0.2, 0.25) is 0 Å². The summed E-state index contributed by atoms with van der Waals surface area (Å²) >= 11 is 3.25. The monoisotopic (exact) mass is 395 g/mol. The van der Waals surface area contributed by atoms with E-state index in [9.17, 15) is 9.18 Å². The molecule has 4 nitrogen and oxygen atoms in total. The van der Waals surface area contributed by atoms with Crippen LogP contribution in [-0.4, -0.2) is 20.9 Å². The first-order chi connectivity index (χ1) is 12.2. The maximum Gasteiger partial charge on any atom is 0.168 e. The van der Waals surface area contributed by atoms with E-state index >= 15 is 0 Å². The maximum atomic E-state index is 14.3. The predicted molar refractivity (Wildman–Crippen MR) is 96.9 cm³/mol. The first-order valence-corrected chi connectivity index (χ1v) is 8.32. The lowest BCUT2D eigenvalue weighted by Gasteiger charge is -2.05. The Morgan fingerprint density at radius 1 is 1.04 bits per heavy atom. The van der Waals surface area contributed by atoms with Crippen molar-refractivity contribution in [1.82, 2.24) is 14.6 Å². The molecule has 0 aliphatic heterocycles. The molecule has 0 radical (unpaired) electrons. The third-order valence-corrected chi connectivity index (χ3v) is 4.34. The number of hydrogen-bond donors (Lipinski definition) is 0. The van der Waals surface area contributed by atoms with Gasteiger partial charge in [-0.2, -0.15) is 5.10 Å². The number of benzene rings is 2. The van der Waals surface area contributed by atoms with Gasteiger partial charge >= 0.3 is 0 Å². The number of nitrogens with zero attached hydrogens (tertiary/aromatic N) is 3. The van der Waals surface area contributed by atoms with Gasteiger partial charge in [-0.15, -0.1) is 0 Å². The summed E-state index contributed by atoms with van der Waals surface area (Å²) in [5, 5.41) is 4.51. The van der Waals surface area contributed by atoms with Crippen LogP contribution in [0.4, 0.5) is 4.39 Å². The summed E-state index contributed by atoms with van der Waals surface area (Å²) in [4.78, 5) is 15.5. The van der Waals surface area contributed by atoms with Gasteiger partial charge in [-0.25, -0.2) is 13.9 Å². The molecule has 4 rings (SSSR count). The highest BCUT2D eigenvalue weighted by atomic mass is 79.9. The minimum absolute atomic E-state index is 0.300. The van der Waals surface area contributed by atoms with E-state index < -0.39 is 0 Å². The minimum Gasteiger partial charge on any atom is -0.296 e. The topological polar surface area (TPSA) is 47.3 Å². The van der Waals surface area contributed by atoms with Crippen molar-refractivity contribution in [1.29, 1.82) is 0 Å². The van der Waals surface area contributed by atoms with Gasteiger partial charge in [0.25, 0.3) is 0 Å². The molecule has 0 aliphatic carbocycles. The van der Waals surface area contributed by atoms with Crippen LogP contribution in [-0.2, 0) is 0 Å². The van der Waals surface area contributed by atoms with Crippen molar-refractivity contribution in [2.45, 2.75) is 0 Å². The number of aldehydes is 1. The Morgan fingerprint density at radius 3 is 2.56 bits per heavy atom. The molecule has 0 atom stereocenters. The van der Waals surface area contributed by atoms with Gasteiger partial charge in [0.1, 0.15) is 11.5 Å². The maximum absolute atomic E-state index is 14.3. The molecule has 0 unspecified atom stereocenters. The van der Waals surface area contributed by atoms with Crippen molar-refractivity contribution in [3.63, 3.8) is 0 Å². The molecule has 2 aromatic carbocycles. The number of rotatable bonds is 3. The van der Waals surface area contributed by atoms with E-state index in [4.69, 9.17) is 0 Å². The van der Waals surface area contributed by atoms with Gasteiger partial charge in [0, 0.05) is 21.7 Å². The van der Waals surface area contributed by atoms with Crippen LogP contribution in [0.25, 0.3) is 28.2 Å². The number of fused-ring (bicyclic) bond motifs is 1. The summed E-state index contributed by atoms with van der Waals surface area (Å²) in [6, 6.07) is 17.7. The lowest BCUT2D eigenvalue weighted by molar-refractivity contribution is 0.111. The van der Waals surface area contributed by atoms with Gasteiger partial charge in [0.05, 0.1) is 11.4 Å². The summed E-state index contributed by atoms with van der Waals surface area (Å²) in [5.74, 6) is -0.380. The van der Waals surface area contributed by atoms with Crippen molar-refractivity contribution in [2.24, 2.45) is 0 Å². The van der Waals surface area contributed by atoms with Crippen LogP contribution in [0.5, 0.6) is 0 Å². The molecule has 0 fully saturated rings. The summed E-state index contributed by atoms with van der Waals surface area (Å²) in [5.41, 5.74) is 3.23. The van der Waals surface area contributed by atoms with Crippen LogP contribution < -0.4 is 0 Å². The third-order valence-electron chi connectivity index (χ3n) is 3.84. The average molecular weight is 396 g/mol. The second kappa shape index (κ2) is 6.22. The van der Waals surface area contributed by atoms with Crippen LogP contribution in [0, 0.1) is 5.82 Å². The van der Waals surface area contributed by atoms with E-state index in [1.807, 2.05) is 30.3 Å². The van der Waals surface area contributed by atoms with E-state index in [1.54, 1.807) is 28.8 Å². The Balaban J connectivity index is 1.97. The van der Waals surface area contributed by atoms with E-state index in [-0.39, 0.29) is 5.82 Å². The van der Waals surface area contributed by atoms with Gasteiger partial charge in [-0.1, -0.05) is 46.3 Å². The van der Waals surface area contributed by atoms with Crippen LogP contribution in [0.3, 0.4) is 0 Å². The number of carbonyl (C=O) groups excluding carboxylic acids is 1. The first kappa shape index (κ1) is 15.7. The summed E-state index contributed by atoms with van der Waals surface area (Å²) in [7, 11) is 0. The van der Waals surface area contributed by atoms with Gasteiger partial charge in [-0.05, 0) is 24.3 Å². The number of carbonyl (C=O) groups is 1. The smallest absolute Gasteiger partial charge is 0.168 e. The zero-order valence-electron chi connectivity index (χ0n) is 12.9.